The summed E-state index contributed by atoms with van der Waals surface area (Å²) in [5.41, 5.74) is -0.937. The number of hydrogen-bond acceptors (Lipinski definition) is 3. The summed E-state index contributed by atoms with van der Waals surface area (Å²) in [6.45, 7) is 1.40. The molecule has 2 fully saturated rings. The average molecular weight is 383 g/mol. The van der Waals surface area contributed by atoms with Gasteiger partial charge >= 0.3 is 6.03 Å². The van der Waals surface area contributed by atoms with Gasteiger partial charge in [0.05, 0.1) is 6.54 Å². The van der Waals surface area contributed by atoms with Crippen LogP contribution in [0, 0.1) is 5.92 Å². The molecule has 0 aromatic heterocycles. The Labute approximate surface area is 162 Å². The number of rotatable bonds is 5. The van der Waals surface area contributed by atoms with Crippen LogP contribution in [0.5, 0.6) is 0 Å². The number of amides is 4. The Hall–Kier alpha value is -2.96. The first-order valence-electron chi connectivity index (χ1n) is 9.39. The number of imide groups is 1. The number of urea groups is 1. The van der Waals surface area contributed by atoms with Crippen molar-refractivity contribution in [2.24, 2.45) is 5.92 Å². The summed E-state index contributed by atoms with van der Waals surface area (Å²) >= 11 is 0. The zero-order chi connectivity index (χ0) is 19.9. The van der Waals surface area contributed by atoms with Gasteiger partial charge in [-0.25, -0.2) is 9.18 Å². The van der Waals surface area contributed by atoms with E-state index in [-0.39, 0.29) is 18.9 Å². The monoisotopic (exact) mass is 383 g/mol. The molecule has 1 aromatic carbocycles. The molecule has 1 aliphatic heterocycles. The average Bonchev–Trinajstić information content (AvgIpc) is 3.46. The van der Waals surface area contributed by atoms with Crippen LogP contribution in [0.3, 0.4) is 0 Å². The van der Waals surface area contributed by atoms with Crippen LogP contribution < -0.4 is 16.0 Å². The summed E-state index contributed by atoms with van der Waals surface area (Å²) in [6, 6.07) is 8.77. The number of hydrogen-bond donors (Lipinski definition) is 3. The lowest BCUT2D eigenvalue weighted by molar-refractivity contribution is -0.125. The van der Waals surface area contributed by atoms with Gasteiger partial charge in [-0.05, 0) is 42.9 Å². The summed E-state index contributed by atoms with van der Waals surface area (Å²) < 4.78 is 14.6. The Bertz CT molecular complexity index is 903. The zero-order valence-corrected chi connectivity index (χ0v) is 15.5. The van der Waals surface area contributed by atoms with Crippen molar-refractivity contribution in [2.45, 2.75) is 37.4 Å². The normalized spacial score (nSPS) is 29.5. The Morgan fingerprint density at radius 1 is 1.25 bits per heavy atom. The van der Waals surface area contributed by atoms with Gasteiger partial charge in [0, 0.05) is 12.0 Å². The Morgan fingerprint density at radius 2 is 1.96 bits per heavy atom. The number of benzene rings is 1. The van der Waals surface area contributed by atoms with Crippen LogP contribution in [-0.4, -0.2) is 35.6 Å². The zero-order valence-electron chi connectivity index (χ0n) is 15.5. The predicted octanol–water partition coefficient (Wildman–Crippen LogP) is 2.23. The third-order valence-corrected chi connectivity index (χ3v) is 5.57. The molecule has 6 nitrogen and oxygen atoms in total. The van der Waals surface area contributed by atoms with Gasteiger partial charge in [-0.1, -0.05) is 36.4 Å². The van der Waals surface area contributed by atoms with E-state index < -0.39 is 29.1 Å². The SMILES string of the molecule is CC1(F)C=CC(c2ccccc2)=C(C(=O)NC[C@@]2(C3CC3)NC(=O)NC2=O)C1. The molecule has 4 rings (SSSR count). The van der Waals surface area contributed by atoms with Gasteiger partial charge < -0.3 is 10.6 Å². The summed E-state index contributed by atoms with van der Waals surface area (Å²) in [5.74, 6) is -0.850. The molecule has 146 valence electrons. The molecular weight excluding hydrogens is 361 g/mol. The Morgan fingerprint density at radius 3 is 2.57 bits per heavy atom. The number of carbonyl (C=O) groups is 3. The molecule has 3 N–H and O–H groups in total. The summed E-state index contributed by atoms with van der Waals surface area (Å²) in [4.78, 5) is 37.0. The summed E-state index contributed by atoms with van der Waals surface area (Å²) in [5, 5.41) is 7.71. The van der Waals surface area contributed by atoms with Crippen molar-refractivity contribution in [1.29, 1.82) is 0 Å². The van der Waals surface area contributed by atoms with Crippen LogP contribution in [0.15, 0.2) is 48.1 Å². The highest BCUT2D eigenvalue weighted by Gasteiger charge is 2.56. The molecular formula is C21H22FN3O3. The molecule has 7 heteroatoms. The van der Waals surface area contributed by atoms with Crippen LogP contribution in [0.1, 0.15) is 31.7 Å². The number of halogens is 1. The van der Waals surface area contributed by atoms with Gasteiger partial charge in [-0.3, -0.25) is 14.9 Å². The molecule has 0 radical (unpaired) electrons. The van der Waals surface area contributed by atoms with E-state index in [1.165, 1.54) is 13.0 Å². The van der Waals surface area contributed by atoms with E-state index >= 15 is 0 Å². The van der Waals surface area contributed by atoms with E-state index in [1.54, 1.807) is 6.08 Å². The molecule has 2 aliphatic carbocycles. The van der Waals surface area contributed by atoms with Gasteiger partial charge in [0.2, 0.25) is 5.91 Å². The first-order valence-corrected chi connectivity index (χ1v) is 9.39. The van der Waals surface area contributed by atoms with Gasteiger partial charge in [0.25, 0.3) is 5.91 Å². The van der Waals surface area contributed by atoms with Crippen molar-refractivity contribution in [3.63, 3.8) is 0 Å². The van der Waals surface area contributed by atoms with Crippen molar-refractivity contribution in [3.05, 3.63) is 53.6 Å². The highest BCUT2D eigenvalue weighted by molar-refractivity contribution is 6.09. The van der Waals surface area contributed by atoms with Crippen molar-refractivity contribution < 1.29 is 18.8 Å². The molecule has 1 aromatic rings. The van der Waals surface area contributed by atoms with Crippen molar-refractivity contribution >= 4 is 23.4 Å². The maximum atomic E-state index is 14.6. The van der Waals surface area contributed by atoms with Gasteiger partial charge in [-0.2, -0.15) is 0 Å². The predicted molar refractivity (Wildman–Crippen MR) is 102 cm³/mol. The fourth-order valence-electron chi connectivity index (χ4n) is 3.91. The third-order valence-electron chi connectivity index (χ3n) is 5.57. The number of carbonyl (C=O) groups excluding carboxylic acids is 3. The molecule has 4 amide bonds. The highest BCUT2D eigenvalue weighted by Crippen LogP contribution is 2.41. The van der Waals surface area contributed by atoms with Crippen molar-refractivity contribution in [3.8, 4) is 0 Å². The summed E-state index contributed by atoms with van der Waals surface area (Å²) in [7, 11) is 0. The second-order valence-corrected chi connectivity index (χ2v) is 7.88. The standard InChI is InChI=1S/C21H22FN3O3/c1-20(22)10-9-15(13-5-3-2-4-6-13)16(11-20)17(26)23-12-21(14-7-8-14)18(27)24-19(28)25-21/h2-6,9-10,14H,7-8,11-12H2,1H3,(H,23,26)(H2,24,25,27,28)/t20?,21-/m0/s1. The fraction of sp³-hybridized carbons (Fsp3) is 0.381. The van der Waals surface area contributed by atoms with E-state index in [2.05, 4.69) is 16.0 Å². The fourth-order valence-corrected chi connectivity index (χ4v) is 3.91. The van der Waals surface area contributed by atoms with Crippen LogP contribution in [0.4, 0.5) is 9.18 Å². The minimum Gasteiger partial charge on any atom is -0.349 e. The second kappa shape index (κ2) is 6.58. The molecule has 0 bridgehead atoms. The molecule has 1 unspecified atom stereocenters. The molecule has 0 spiro atoms. The van der Waals surface area contributed by atoms with Gasteiger partial charge in [0.15, 0.2) is 0 Å². The first-order chi connectivity index (χ1) is 13.3. The van der Waals surface area contributed by atoms with Gasteiger partial charge in [0.1, 0.15) is 11.2 Å². The van der Waals surface area contributed by atoms with Crippen LogP contribution in [-0.2, 0) is 9.59 Å². The smallest absolute Gasteiger partial charge is 0.322 e. The van der Waals surface area contributed by atoms with E-state index in [4.69, 9.17) is 0 Å². The maximum Gasteiger partial charge on any atom is 0.322 e. The molecule has 3 aliphatic rings. The van der Waals surface area contributed by atoms with E-state index in [1.807, 2.05) is 30.3 Å². The van der Waals surface area contributed by atoms with Crippen molar-refractivity contribution in [2.75, 3.05) is 6.54 Å². The topological polar surface area (TPSA) is 87.3 Å². The molecule has 1 heterocycles. The van der Waals surface area contributed by atoms with Crippen LogP contribution in [0.2, 0.25) is 0 Å². The van der Waals surface area contributed by atoms with Gasteiger partial charge in [-0.15, -0.1) is 0 Å². The lowest BCUT2D eigenvalue weighted by atomic mass is 9.85. The van der Waals surface area contributed by atoms with E-state index in [9.17, 15) is 18.8 Å². The van der Waals surface area contributed by atoms with E-state index in [0.29, 0.717) is 11.1 Å². The Kier molecular flexibility index (Phi) is 4.33. The molecule has 28 heavy (non-hydrogen) atoms. The first kappa shape index (κ1) is 18.4. The highest BCUT2D eigenvalue weighted by atomic mass is 19.1. The number of alkyl halides is 1. The lowest BCUT2D eigenvalue weighted by Crippen LogP contribution is -2.57. The number of allylic oxidation sites excluding steroid dienone is 3. The minimum absolute atomic E-state index is 0.000448. The quantitative estimate of drug-likeness (QED) is 0.682. The Balaban J connectivity index is 1.60. The van der Waals surface area contributed by atoms with E-state index in [0.717, 1.165) is 18.4 Å². The third kappa shape index (κ3) is 3.32. The van der Waals surface area contributed by atoms with Crippen LogP contribution in [0.25, 0.3) is 5.57 Å². The molecule has 1 saturated heterocycles. The minimum atomic E-state index is -1.63. The summed E-state index contributed by atoms with van der Waals surface area (Å²) in [6.07, 6.45) is 4.66. The molecule has 2 atom stereocenters. The van der Waals surface area contributed by atoms with Crippen molar-refractivity contribution in [1.82, 2.24) is 16.0 Å². The maximum absolute atomic E-state index is 14.6. The van der Waals surface area contributed by atoms with Crippen LogP contribution >= 0.6 is 0 Å². The molecule has 1 saturated carbocycles. The number of nitrogens with one attached hydrogen (secondary N) is 3. The largest absolute Gasteiger partial charge is 0.349 e. The lowest BCUT2D eigenvalue weighted by Gasteiger charge is -2.28. The second-order valence-electron chi connectivity index (χ2n) is 7.88.